The number of furan rings is 1. The molecule has 1 aliphatic rings. The quantitative estimate of drug-likeness (QED) is 0.617. The average molecular weight is 320 g/mol. The summed E-state index contributed by atoms with van der Waals surface area (Å²) >= 11 is 11.7. The summed E-state index contributed by atoms with van der Waals surface area (Å²) in [6.45, 7) is 1.59. The Kier molecular flexibility index (Phi) is 4.02. The van der Waals surface area contributed by atoms with Crippen molar-refractivity contribution in [2.24, 2.45) is 5.41 Å². The van der Waals surface area contributed by atoms with Gasteiger partial charge in [0.25, 0.3) is 5.91 Å². The van der Waals surface area contributed by atoms with Gasteiger partial charge in [-0.05, 0) is 19.1 Å². The number of carbonyl (C=O) groups is 2. The van der Waals surface area contributed by atoms with Crippen molar-refractivity contribution < 1.29 is 18.7 Å². The van der Waals surface area contributed by atoms with E-state index in [1.54, 1.807) is 26.1 Å². The van der Waals surface area contributed by atoms with Crippen LogP contribution in [-0.2, 0) is 20.9 Å². The monoisotopic (exact) mass is 319 g/mol. The molecule has 0 aromatic carbocycles. The minimum absolute atomic E-state index is 0.315. The second-order valence-electron chi connectivity index (χ2n) is 5.12. The molecule has 1 aliphatic carbocycles. The molecular weight excluding hydrogens is 305 g/mol. The number of amides is 1. The zero-order valence-corrected chi connectivity index (χ0v) is 12.7. The maximum atomic E-state index is 11.8. The minimum Gasteiger partial charge on any atom is -0.467 e. The van der Waals surface area contributed by atoms with Gasteiger partial charge in [-0.15, -0.1) is 23.2 Å². The van der Waals surface area contributed by atoms with E-state index < -0.39 is 15.7 Å². The maximum Gasteiger partial charge on any atom is 0.315 e. The molecule has 0 aliphatic heterocycles. The number of carbonyl (C=O) groups excluding carboxylic acids is 2. The predicted octanol–water partition coefficient (Wildman–Crippen LogP) is 2.37. The van der Waals surface area contributed by atoms with Crippen molar-refractivity contribution in [3.05, 3.63) is 24.2 Å². The molecule has 1 aromatic heterocycles. The van der Waals surface area contributed by atoms with Gasteiger partial charge in [0.1, 0.15) is 15.5 Å². The van der Waals surface area contributed by atoms with Crippen molar-refractivity contribution in [1.29, 1.82) is 0 Å². The van der Waals surface area contributed by atoms with E-state index in [9.17, 15) is 9.59 Å². The standard InChI is InChI=1S/C13H15Cl2NO4/c1-12(8-13(12,14)15)11(18)20-7-10(17)16(2)6-9-4-3-5-19-9/h3-5H,6-8H2,1-2H3. The van der Waals surface area contributed by atoms with Crippen LogP contribution in [0.2, 0.25) is 0 Å². The number of nitrogens with zero attached hydrogens (tertiary/aromatic N) is 1. The molecule has 110 valence electrons. The van der Waals surface area contributed by atoms with Crippen LogP contribution >= 0.6 is 23.2 Å². The second-order valence-corrected chi connectivity index (χ2v) is 6.60. The Morgan fingerprint density at radius 1 is 1.50 bits per heavy atom. The number of alkyl halides is 2. The van der Waals surface area contributed by atoms with E-state index in [1.807, 2.05) is 0 Å². The lowest BCUT2D eigenvalue weighted by Gasteiger charge is -2.17. The number of rotatable bonds is 5. The van der Waals surface area contributed by atoms with E-state index in [0.717, 1.165) is 0 Å². The molecule has 2 rings (SSSR count). The van der Waals surface area contributed by atoms with E-state index in [4.69, 9.17) is 32.4 Å². The minimum atomic E-state index is -1.09. The fourth-order valence-electron chi connectivity index (χ4n) is 1.74. The first-order valence-electron chi connectivity index (χ1n) is 6.08. The molecule has 1 amide bonds. The summed E-state index contributed by atoms with van der Waals surface area (Å²) in [5.41, 5.74) is -0.921. The molecule has 0 spiro atoms. The van der Waals surface area contributed by atoms with Gasteiger partial charge in [0.15, 0.2) is 6.61 Å². The molecule has 5 nitrogen and oxygen atoms in total. The zero-order chi connectivity index (χ0) is 15.0. The zero-order valence-electron chi connectivity index (χ0n) is 11.2. The number of halogens is 2. The fourth-order valence-corrected chi connectivity index (χ4v) is 2.43. The Labute approximate surface area is 126 Å². The first kappa shape index (κ1) is 15.2. The molecule has 0 bridgehead atoms. The first-order chi connectivity index (χ1) is 9.26. The van der Waals surface area contributed by atoms with Crippen LogP contribution in [0.3, 0.4) is 0 Å². The van der Waals surface area contributed by atoms with Crippen molar-refractivity contribution in [3.63, 3.8) is 0 Å². The fraction of sp³-hybridized carbons (Fsp3) is 0.538. The van der Waals surface area contributed by atoms with Gasteiger partial charge in [0, 0.05) is 13.5 Å². The molecule has 0 N–H and O–H groups in total. The number of hydrogen-bond acceptors (Lipinski definition) is 4. The predicted molar refractivity (Wildman–Crippen MR) is 73.3 cm³/mol. The van der Waals surface area contributed by atoms with Crippen LogP contribution in [0.15, 0.2) is 22.8 Å². The van der Waals surface area contributed by atoms with E-state index >= 15 is 0 Å². The Bertz CT molecular complexity index is 514. The van der Waals surface area contributed by atoms with Crippen LogP contribution in [0, 0.1) is 5.41 Å². The van der Waals surface area contributed by atoms with E-state index in [0.29, 0.717) is 18.7 Å². The smallest absolute Gasteiger partial charge is 0.315 e. The van der Waals surface area contributed by atoms with Gasteiger partial charge in [-0.1, -0.05) is 0 Å². The van der Waals surface area contributed by atoms with Crippen molar-refractivity contribution in [2.75, 3.05) is 13.7 Å². The topological polar surface area (TPSA) is 59.8 Å². The third-order valence-electron chi connectivity index (χ3n) is 3.43. The normalized spacial score (nSPS) is 23.2. The Morgan fingerprint density at radius 2 is 2.15 bits per heavy atom. The molecule has 7 heteroatoms. The Balaban J connectivity index is 1.79. The summed E-state index contributed by atoms with van der Waals surface area (Å²) in [6, 6.07) is 3.50. The molecule has 1 aromatic rings. The molecule has 1 unspecified atom stereocenters. The Hall–Kier alpha value is -1.20. The first-order valence-corrected chi connectivity index (χ1v) is 6.83. The van der Waals surface area contributed by atoms with Crippen LogP contribution < -0.4 is 0 Å². The van der Waals surface area contributed by atoms with Crippen LogP contribution in [0.25, 0.3) is 0 Å². The van der Waals surface area contributed by atoms with Crippen molar-refractivity contribution in [1.82, 2.24) is 4.90 Å². The van der Waals surface area contributed by atoms with Gasteiger partial charge in [-0.2, -0.15) is 0 Å². The second kappa shape index (κ2) is 5.30. The molecule has 1 fully saturated rings. The highest BCUT2D eigenvalue weighted by Crippen LogP contribution is 2.64. The Morgan fingerprint density at radius 3 is 2.65 bits per heavy atom. The highest BCUT2D eigenvalue weighted by molar-refractivity contribution is 6.53. The van der Waals surface area contributed by atoms with Gasteiger partial charge in [-0.3, -0.25) is 9.59 Å². The average Bonchev–Trinajstić information content (AvgIpc) is 2.77. The van der Waals surface area contributed by atoms with Crippen molar-refractivity contribution >= 4 is 35.1 Å². The third kappa shape index (κ3) is 2.94. The van der Waals surface area contributed by atoms with Crippen molar-refractivity contribution in [2.45, 2.75) is 24.2 Å². The van der Waals surface area contributed by atoms with Gasteiger partial charge in [0.2, 0.25) is 0 Å². The van der Waals surface area contributed by atoms with Gasteiger partial charge in [-0.25, -0.2) is 0 Å². The van der Waals surface area contributed by atoms with Crippen LogP contribution in [0.5, 0.6) is 0 Å². The molecule has 1 atom stereocenters. The molecule has 0 saturated heterocycles. The van der Waals surface area contributed by atoms with Gasteiger partial charge < -0.3 is 14.1 Å². The molecule has 1 saturated carbocycles. The third-order valence-corrected chi connectivity index (χ3v) is 4.54. The number of likely N-dealkylation sites (N-methyl/N-ethyl adjacent to an activating group) is 1. The lowest BCUT2D eigenvalue weighted by Crippen LogP contribution is -2.32. The summed E-state index contributed by atoms with van der Waals surface area (Å²) in [5, 5.41) is 0. The summed E-state index contributed by atoms with van der Waals surface area (Å²) in [6.07, 6.45) is 1.86. The van der Waals surface area contributed by atoms with E-state index in [1.165, 1.54) is 11.2 Å². The van der Waals surface area contributed by atoms with E-state index in [2.05, 4.69) is 0 Å². The summed E-state index contributed by atoms with van der Waals surface area (Å²) in [4.78, 5) is 25.0. The van der Waals surface area contributed by atoms with E-state index in [-0.39, 0.29) is 12.5 Å². The lowest BCUT2D eigenvalue weighted by molar-refractivity contribution is -0.156. The number of hydrogen-bond donors (Lipinski definition) is 0. The number of esters is 1. The van der Waals surface area contributed by atoms with Crippen molar-refractivity contribution in [3.8, 4) is 0 Å². The largest absolute Gasteiger partial charge is 0.467 e. The van der Waals surface area contributed by atoms with Crippen LogP contribution in [0.1, 0.15) is 19.1 Å². The van der Waals surface area contributed by atoms with Crippen LogP contribution in [-0.4, -0.2) is 34.8 Å². The van der Waals surface area contributed by atoms with Gasteiger partial charge >= 0.3 is 5.97 Å². The maximum absolute atomic E-state index is 11.8. The molecule has 20 heavy (non-hydrogen) atoms. The summed E-state index contributed by atoms with van der Waals surface area (Å²) < 4.78 is 9.02. The highest BCUT2D eigenvalue weighted by Gasteiger charge is 2.69. The molecular formula is C13H15Cl2NO4. The molecule has 1 heterocycles. The highest BCUT2D eigenvalue weighted by atomic mass is 35.5. The summed E-state index contributed by atoms with van der Waals surface area (Å²) in [7, 11) is 1.60. The molecule has 0 radical (unpaired) electrons. The summed E-state index contributed by atoms with van der Waals surface area (Å²) in [5.74, 6) is -0.224. The SMILES string of the molecule is CN(Cc1ccco1)C(=O)COC(=O)C1(C)CC1(Cl)Cl. The lowest BCUT2D eigenvalue weighted by atomic mass is 10.1. The van der Waals surface area contributed by atoms with Gasteiger partial charge in [0.05, 0.1) is 12.8 Å². The number of ether oxygens (including phenoxy) is 1. The van der Waals surface area contributed by atoms with Crippen LogP contribution in [0.4, 0.5) is 0 Å².